The smallest absolute Gasteiger partial charge is 0.177 e. The van der Waals surface area contributed by atoms with Gasteiger partial charge in [0.2, 0.25) is 0 Å². The Morgan fingerprint density at radius 3 is 2.38 bits per heavy atom. The zero-order valence-electron chi connectivity index (χ0n) is 6.58. The van der Waals surface area contributed by atoms with E-state index in [2.05, 4.69) is 0 Å². The van der Waals surface area contributed by atoms with E-state index < -0.39 is 22.5 Å². The topological polar surface area (TPSA) is 26.0 Å². The second-order valence-corrected chi connectivity index (χ2v) is 2.89. The highest BCUT2D eigenvalue weighted by atomic mass is 35.5. The summed E-state index contributed by atoms with van der Waals surface area (Å²) in [5.74, 6) is -3.35. The molecule has 0 aliphatic heterocycles. The molecule has 0 saturated carbocycles. The molecule has 0 fully saturated rings. The van der Waals surface area contributed by atoms with Crippen molar-refractivity contribution in [3.05, 3.63) is 34.1 Å². The Hall–Kier alpha value is -0.740. The van der Waals surface area contributed by atoms with Crippen molar-refractivity contribution in [1.82, 2.24) is 0 Å². The summed E-state index contributed by atoms with van der Waals surface area (Å²) < 4.78 is 38.7. The van der Waals surface area contributed by atoms with Gasteiger partial charge in [-0.2, -0.15) is 0 Å². The van der Waals surface area contributed by atoms with E-state index in [1.165, 1.54) is 0 Å². The Morgan fingerprint density at radius 2 is 1.85 bits per heavy atom. The van der Waals surface area contributed by atoms with Gasteiger partial charge in [-0.05, 0) is 19.0 Å². The SMILES string of the molecule is NCCc1c(F)cc(Cl)c(F)c1F. The molecule has 72 valence electrons. The Kier molecular flexibility index (Phi) is 3.17. The predicted molar refractivity (Wildman–Crippen MR) is 44.1 cm³/mol. The van der Waals surface area contributed by atoms with Crippen LogP contribution in [0.5, 0.6) is 0 Å². The fourth-order valence-electron chi connectivity index (χ4n) is 0.977. The van der Waals surface area contributed by atoms with Gasteiger partial charge >= 0.3 is 0 Å². The van der Waals surface area contributed by atoms with Crippen molar-refractivity contribution < 1.29 is 13.2 Å². The molecule has 0 heterocycles. The van der Waals surface area contributed by atoms with Crippen LogP contribution in [0.1, 0.15) is 5.56 Å². The number of nitrogens with two attached hydrogens (primary N) is 1. The Balaban J connectivity index is 3.26. The van der Waals surface area contributed by atoms with Crippen LogP contribution in [0, 0.1) is 17.5 Å². The number of hydrogen-bond acceptors (Lipinski definition) is 1. The van der Waals surface area contributed by atoms with E-state index in [9.17, 15) is 13.2 Å². The molecule has 1 nitrogen and oxygen atoms in total. The summed E-state index contributed by atoms with van der Waals surface area (Å²) in [6, 6.07) is 0.741. The largest absolute Gasteiger partial charge is 0.330 e. The second-order valence-electron chi connectivity index (χ2n) is 2.49. The van der Waals surface area contributed by atoms with Crippen LogP contribution in [-0.2, 0) is 6.42 Å². The zero-order chi connectivity index (χ0) is 10.0. The van der Waals surface area contributed by atoms with E-state index >= 15 is 0 Å². The van der Waals surface area contributed by atoms with Crippen LogP contribution < -0.4 is 5.73 Å². The summed E-state index contributed by atoms with van der Waals surface area (Å²) in [7, 11) is 0. The molecule has 13 heavy (non-hydrogen) atoms. The third kappa shape index (κ3) is 1.95. The van der Waals surface area contributed by atoms with Gasteiger partial charge in [0.15, 0.2) is 11.6 Å². The molecule has 1 aromatic carbocycles. The molecule has 0 bridgehead atoms. The maximum Gasteiger partial charge on any atom is 0.177 e. The minimum Gasteiger partial charge on any atom is -0.330 e. The first-order chi connectivity index (χ1) is 6.07. The lowest BCUT2D eigenvalue weighted by molar-refractivity contribution is 0.480. The van der Waals surface area contributed by atoms with Crippen molar-refractivity contribution in [2.75, 3.05) is 6.54 Å². The molecule has 0 radical (unpaired) electrons. The summed E-state index contributed by atoms with van der Waals surface area (Å²) in [5.41, 5.74) is 4.74. The Morgan fingerprint density at radius 1 is 1.23 bits per heavy atom. The van der Waals surface area contributed by atoms with Gasteiger partial charge in [-0.3, -0.25) is 0 Å². The fourth-order valence-corrected chi connectivity index (χ4v) is 1.16. The van der Waals surface area contributed by atoms with Gasteiger partial charge < -0.3 is 5.73 Å². The van der Waals surface area contributed by atoms with Gasteiger partial charge in [0.1, 0.15) is 5.82 Å². The van der Waals surface area contributed by atoms with Crippen LogP contribution in [0.3, 0.4) is 0 Å². The monoisotopic (exact) mass is 209 g/mol. The normalized spacial score (nSPS) is 10.5. The van der Waals surface area contributed by atoms with Crippen LogP contribution in [-0.4, -0.2) is 6.54 Å². The van der Waals surface area contributed by atoms with E-state index in [4.69, 9.17) is 17.3 Å². The average Bonchev–Trinajstić information content (AvgIpc) is 2.09. The van der Waals surface area contributed by atoms with Gasteiger partial charge in [-0.25, -0.2) is 13.2 Å². The van der Waals surface area contributed by atoms with Crippen molar-refractivity contribution in [1.29, 1.82) is 0 Å². The van der Waals surface area contributed by atoms with Gasteiger partial charge in [0.25, 0.3) is 0 Å². The van der Waals surface area contributed by atoms with E-state index in [0.717, 1.165) is 6.07 Å². The van der Waals surface area contributed by atoms with E-state index in [-0.39, 0.29) is 18.5 Å². The van der Waals surface area contributed by atoms with Crippen molar-refractivity contribution >= 4 is 11.6 Å². The average molecular weight is 210 g/mol. The lowest BCUT2D eigenvalue weighted by atomic mass is 10.1. The quantitative estimate of drug-likeness (QED) is 0.587. The van der Waals surface area contributed by atoms with Crippen LogP contribution in [0.15, 0.2) is 6.07 Å². The molecule has 2 N–H and O–H groups in total. The highest BCUT2D eigenvalue weighted by Gasteiger charge is 2.16. The lowest BCUT2D eigenvalue weighted by Gasteiger charge is -2.05. The van der Waals surface area contributed by atoms with Crippen molar-refractivity contribution in [2.24, 2.45) is 5.73 Å². The van der Waals surface area contributed by atoms with Gasteiger partial charge in [0, 0.05) is 5.56 Å². The second kappa shape index (κ2) is 3.98. The molecule has 0 unspecified atom stereocenters. The zero-order valence-corrected chi connectivity index (χ0v) is 7.34. The van der Waals surface area contributed by atoms with E-state index in [0.29, 0.717) is 0 Å². The first-order valence-corrected chi connectivity index (χ1v) is 3.97. The molecule has 0 aromatic heterocycles. The van der Waals surface area contributed by atoms with Crippen molar-refractivity contribution in [2.45, 2.75) is 6.42 Å². The Labute approximate surface area is 78.3 Å². The minimum absolute atomic E-state index is 0.0498. The summed E-state index contributed by atoms with van der Waals surface area (Å²) in [6.45, 7) is 0.0505. The maximum atomic E-state index is 13.0. The molecular formula is C8H7ClF3N. The first kappa shape index (κ1) is 10.3. The molecule has 5 heteroatoms. The third-order valence-corrected chi connectivity index (χ3v) is 1.88. The Bertz CT molecular complexity index is 328. The van der Waals surface area contributed by atoms with E-state index in [1.54, 1.807) is 0 Å². The van der Waals surface area contributed by atoms with Crippen LogP contribution >= 0.6 is 11.6 Å². The molecule has 0 atom stereocenters. The minimum atomic E-state index is -1.25. The highest BCUT2D eigenvalue weighted by molar-refractivity contribution is 6.30. The van der Waals surface area contributed by atoms with Crippen molar-refractivity contribution in [3.63, 3.8) is 0 Å². The molecule has 0 aliphatic rings. The van der Waals surface area contributed by atoms with Gasteiger partial charge in [0.05, 0.1) is 5.02 Å². The molecule has 1 rings (SSSR count). The summed E-state index contributed by atoms with van der Waals surface area (Å²) in [6.07, 6.45) is -0.0498. The van der Waals surface area contributed by atoms with Crippen LogP contribution in [0.25, 0.3) is 0 Å². The van der Waals surface area contributed by atoms with E-state index in [1.807, 2.05) is 0 Å². The number of hydrogen-bond donors (Lipinski definition) is 1. The van der Waals surface area contributed by atoms with Crippen LogP contribution in [0.4, 0.5) is 13.2 Å². The number of rotatable bonds is 2. The van der Waals surface area contributed by atoms with Crippen LogP contribution in [0.2, 0.25) is 5.02 Å². The molecule has 0 aliphatic carbocycles. The highest BCUT2D eigenvalue weighted by Crippen LogP contribution is 2.23. The molecule has 0 saturated heterocycles. The number of halogens is 4. The summed E-state index contributed by atoms with van der Waals surface area (Å²) in [4.78, 5) is 0. The summed E-state index contributed by atoms with van der Waals surface area (Å²) in [5, 5.41) is -0.559. The standard InChI is InChI=1S/C8H7ClF3N/c9-5-3-6(10)4(1-2-13)7(11)8(5)12/h3H,1-2,13H2. The molecular weight excluding hydrogens is 203 g/mol. The molecule has 0 amide bonds. The maximum absolute atomic E-state index is 13.0. The first-order valence-electron chi connectivity index (χ1n) is 3.60. The fraction of sp³-hybridized carbons (Fsp3) is 0.250. The van der Waals surface area contributed by atoms with Gasteiger partial charge in [-0.1, -0.05) is 11.6 Å². The lowest BCUT2D eigenvalue weighted by Crippen LogP contribution is -2.08. The predicted octanol–water partition coefficient (Wildman–Crippen LogP) is 2.26. The molecule has 1 aromatic rings. The van der Waals surface area contributed by atoms with Crippen molar-refractivity contribution in [3.8, 4) is 0 Å². The number of benzene rings is 1. The summed E-state index contributed by atoms with van der Waals surface area (Å²) >= 11 is 5.21. The third-order valence-electron chi connectivity index (χ3n) is 1.60. The molecule has 0 spiro atoms. The van der Waals surface area contributed by atoms with Gasteiger partial charge in [-0.15, -0.1) is 0 Å².